The number of anilines is 1. The van der Waals surface area contributed by atoms with E-state index in [0.717, 1.165) is 6.07 Å². The van der Waals surface area contributed by atoms with E-state index in [0.29, 0.717) is 45.8 Å². The molecule has 3 N–H and O–H groups in total. The molecule has 39 heavy (non-hydrogen) atoms. The van der Waals surface area contributed by atoms with Crippen LogP contribution in [0, 0.1) is 0 Å². The summed E-state index contributed by atoms with van der Waals surface area (Å²) in [6, 6.07) is 15.7. The van der Waals surface area contributed by atoms with Crippen LogP contribution in [0.5, 0.6) is 11.5 Å². The zero-order valence-corrected chi connectivity index (χ0v) is 23.1. The van der Waals surface area contributed by atoms with E-state index in [1.807, 2.05) is 0 Å². The first kappa shape index (κ1) is 28.3. The molecule has 0 saturated heterocycles. The smallest absolute Gasteiger partial charge is 0.296 e. The highest BCUT2D eigenvalue weighted by Gasteiger charge is 2.22. The number of phenolic OH excluding ortho intramolecular Hbond substituents is 1. The molecule has 0 bridgehead atoms. The first-order valence-electron chi connectivity index (χ1n) is 11.7. The van der Waals surface area contributed by atoms with E-state index in [-0.39, 0.29) is 22.0 Å². The quantitative estimate of drug-likeness (QED) is 0.142. The summed E-state index contributed by atoms with van der Waals surface area (Å²) in [4.78, 5) is 12.7. The number of hydrogen-bond donors (Lipinski definition) is 3. The van der Waals surface area contributed by atoms with Gasteiger partial charge in [-0.05, 0) is 54.6 Å². The zero-order valence-electron chi connectivity index (χ0n) is 20.8. The molecule has 202 valence electrons. The van der Waals surface area contributed by atoms with Gasteiger partial charge in [-0.3, -0.25) is 9.35 Å². The van der Waals surface area contributed by atoms with Gasteiger partial charge in [0, 0.05) is 22.2 Å². The molecule has 0 aliphatic rings. The van der Waals surface area contributed by atoms with Crippen LogP contribution in [0.1, 0.15) is 29.8 Å². The molecular formula is C27H23Cl2N3O6S. The second-order valence-electron chi connectivity index (χ2n) is 8.32. The monoisotopic (exact) mass is 587 g/mol. The Hall–Kier alpha value is -3.70. The van der Waals surface area contributed by atoms with Gasteiger partial charge in [0.05, 0.1) is 17.2 Å². The van der Waals surface area contributed by atoms with Crippen LogP contribution in [0.15, 0.2) is 75.8 Å². The largest absolute Gasteiger partial charge is 0.505 e. The Balaban J connectivity index is 1.83. The molecule has 0 aromatic heterocycles. The lowest BCUT2D eigenvalue weighted by atomic mass is 10.0. The number of hydrogen-bond acceptors (Lipinski definition) is 7. The molecule has 0 atom stereocenters. The molecule has 0 fully saturated rings. The van der Waals surface area contributed by atoms with Gasteiger partial charge in [0.1, 0.15) is 22.0 Å². The molecule has 0 aliphatic heterocycles. The molecule has 12 heteroatoms. The van der Waals surface area contributed by atoms with Gasteiger partial charge in [-0.25, -0.2) is 0 Å². The Morgan fingerprint density at radius 3 is 2.41 bits per heavy atom. The SMILES string of the molecule is CCOc1cc(NC(=O)c2cc3ccccc3c(N=Nc3c(CC)cc(Cl)cc3S(=O)(=O)O)c2O)ccc1Cl. The number of ether oxygens (including phenoxy) is 1. The summed E-state index contributed by atoms with van der Waals surface area (Å²) in [6.45, 7) is 3.94. The lowest BCUT2D eigenvalue weighted by Gasteiger charge is -2.13. The Kier molecular flexibility index (Phi) is 8.41. The second-order valence-corrected chi connectivity index (χ2v) is 10.5. The van der Waals surface area contributed by atoms with Crippen LogP contribution in [0.2, 0.25) is 10.0 Å². The summed E-state index contributed by atoms with van der Waals surface area (Å²) in [5.74, 6) is -0.730. The van der Waals surface area contributed by atoms with Crippen molar-refractivity contribution in [3.63, 3.8) is 0 Å². The Morgan fingerprint density at radius 2 is 1.72 bits per heavy atom. The van der Waals surface area contributed by atoms with Gasteiger partial charge in [0.25, 0.3) is 16.0 Å². The number of benzene rings is 4. The number of amides is 1. The highest BCUT2D eigenvalue weighted by molar-refractivity contribution is 7.86. The Bertz CT molecular complexity index is 1720. The number of carbonyl (C=O) groups is 1. The predicted molar refractivity (Wildman–Crippen MR) is 151 cm³/mol. The summed E-state index contributed by atoms with van der Waals surface area (Å²) in [5, 5.41) is 23.6. The van der Waals surface area contributed by atoms with E-state index in [2.05, 4.69) is 15.5 Å². The van der Waals surface area contributed by atoms with Crippen molar-refractivity contribution in [1.82, 2.24) is 0 Å². The molecule has 0 radical (unpaired) electrons. The standard InChI is InChI=1S/C27H23Cl2N3O6S/c1-3-15-11-17(28)13-23(39(35,36)37)24(15)31-32-25-19-8-6-5-7-16(19)12-20(26(25)33)27(34)30-18-9-10-21(29)22(14-18)38-4-2/h5-14,33H,3-4H2,1-2H3,(H,30,34)(H,35,36,37). The fourth-order valence-corrected chi connectivity index (χ4v) is 5.12. The summed E-state index contributed by atoms with van der Waals surface area (Å²) < 4.78 is 39.3. The van der Waals surface area contributed by atoms with Gasteiger partial charge in [0.2, 0.25) is 0 Å². The molecular weight excluding hydrogens is 565 g/mol. The van der Waals surface area contributed by atoms with Crippen molar-refractivity contribution < 1.29 is 27.6 Å². The maximum atomic E-state index is 13.2. The van der Waals surface area contributed by atoms with Gasteiger partial charge in [0.15, 0.2) is 5.75 Å². The number of rotatable bonds is 8. The van der Waals surface area contributed by atoms with Crippen LogP contribution in [0.4, 0.5) is 17.1 Å². The highest BCUT2D eigenvalue weighted by atomic mass is 35.5. The minimum absolute atomic E-state index is 0.0670. The third-order valence-corrected chi connectivity index (χ3v) is 7.15. The van der Waals surface area contributed by atoms with Crippen LogP contribution in [0.3, 0.4) is 0 Å². The molecule has 4 aromatic carbocycles. The number of carbonyl (C=O) groups excluding carboxylic acids is 1. The van der Waals surface area contributed by atoms with Crippen LogP contribution in [-0.2, 0) is 16.5 Å². The van der Waals surface area contributed by atoms with Crippen molar-refractivity contribution in [2.24, 2.45) is 10.2 Å². The van der Waals surface area contributed by atoms with Gasteiger partial charge >= 0.3 is 0 Å². The molecule has 4 rings (SSSR count). The first-order valence-corrected chi connectivity index (χ1v) is 13.9. The number of aryl methyl sites for hydroxylation is 1. The first-order chi connectivity index (χ1) is 18.5. The lowest BCUT2D eigenvalue weighted by Crippen LogP contribution is -2.12. The van der Waals surface area contributed by atoms with E-state index >= 15 is 0 Å². The maximum Gasteiger partial charge on any atom is 0.296 e. The summed E-state index contributed by atoms with van der Waals surface area (Å²) >= 11 is 12.2. The molecule has 9 nitrogen and oxygen atoms in total. The summed E-state index contributed by atoms with van der Waals surface area (Å²) in [7, 11) is -4.70. The number of nitrogens with zero attached hydrogens (tertiary/aromatic N) is 2. The number of phenols is 1. The molecule has 0 aliphatic carbocycles. The number of halogens is 2. The van der Waals surface area contributed by atoms with Crippen molar-refractivity contribution in [2.45, 2.75) is 25.2 Å². The van der Waals surface area contributed by atoms with E-state index < -0.39 is 26.7 Å². The summed E-state index contributed by atoms with van der Waals surface area (Å²) in [6.07, 6.45) is 0.331. The third-order valence-electron chi connectivity index (χ3n) is 5.76. The molecule has 0 spiro atoms. The second kappa shape index (κ2) is 11.6. The van der Waals surface area contributed by atoms with Crippen molar-refractivity contribution in [3.8, 4) is 11.5 Å². The molecule has 0 saturated carbocycles. The molecule has 4 aromatic rings. The van der Waals surface area contributed by atoms with Crippen molar-refractivity contribution in [2.75, 3.05) is 11.9 Å². The average Bonchev–Trinajstić information content (AvgIpc) is 2.89. The van der Waals surface area contributed by atoms with Gasteiger partial charge in [-0.15, -0.1) is 10.2 Å². The van der Waals surface area contributed by atoms with Gasteiger partial charge in [-0.1, -0.05) is 54.4 Å². The Morgan fingerprint density at radius 1 is 1.00 bits per heavy atom. The number of nitrogens with one attached hydrogen (secondary N) is 1. The van der Waals surface area contributed by atoms with Crippen LogP contribution < -0.4 is 10.1 Å². The molecule has 1 amide bonds. The zero-order chi connectivity index (χ0) is 28.3. The fourth-order valence-electron chi connectivity index (χ4n) is 3.95. The van der Waals surface area contributed by atoms with Crippen LogP contribution in [0.25, 0.3) is 10.8 Å². The lowest BCUT2D eigenvalue weighted by molar-refractivity contribution is 0.102. The highest BCUT2D eigenvalue weighted by Crippen LogP contribution is 2.41. The van der Waals surface area contributed by atoms with Gasteiger partial charge < -0.3 is 15.2 Å². The minimum atomic E-state index is -4.70. The minimum Gasteiger partial charge on any atom is -0.505 e. The van der Waals surface area contributed by atoms with E-state index in [9.17, 15) is 22.9 Å². The van der Waals surface area contributed by atoms with Crippen molar-refractivity contribution in [3.05, 3.63) is 81.8 Å². The maximum absolute atomic E-state index is 13.2. The number of azo groups is 1. The van der Waals surface area contributed by atoms with Crippen LogP contribution in [-0.4, -0.2) is 30.6 Å². The van der Waals surface area contributed by atoms with E-state index in [1.165, 1.54) is 12.1 Å². The summed E-state index contributed by atoms with van der Waals surface area (Å²) in [5.41, 5.74) is 0.493. The van der Waals surface area contributed by atoms with Crippen LogP contribution >= 0.6 is 23.2 Å². The third kappa shape index (κ3) is 6.15. The topological polar surface area (TPSA) is 138 Å². The molecule has 0 heterocycles. The number of aromatic hydroxyl groups is 1. The van der Waals surface area contributed by atoms with Crippen molar-refractivity contribution in [1.29, 1.82) is 0 Å². The molecule has 0 unspecified atom stereocenters. The average molecular weight is 588 g/mol. The predicted octanol–water partition coefficient (Wildman–Crippen LogP) is 7.73. The number of fused-ring (bicyclic) bond motifs is 1. The normalized spacial score (nSPS) is 11.7. The van der Waals surface area contributed by atoms with E-state index in [4.69, 9.17) is 27.9 Å². The van der Waals surface area contributed by atoms with Gasteiger partial charge in [-0.2, -0.15) is 8.42 Å². The fraction of sp³-hybridized carbons (Fsp3) is 0.148. The van der Waals surface area contributed by atoms with E-state index in [1.54, 1.807) is 56.3 Å². The van der Waals surface area contributed by atoms with Crippen molar-refractivity contribution >= 4 is 67.1 Å². The Labute approximate surface area is 234 Å².